The van der Waals surface area contributed by atoms with Gasteiger partial charge in [0.15, 0.2) is 0 Å². The first-order valence-electron chi connectivity index (χ1n) is 4.75. The summed E-state index contributed by atoms with van der Waals surface area (Å²) in [6, 6.07) is 4.04. The number of hydrogen-bond acceptors (Lipinski definition) is 2. The van der Waals surface area contributed by atoms with Crippen LogP contribution in [0.15, 0.2) is 17.5 Å². The predicted molar refractivity (Wildman–Crippen MR) is 56.6 cm³/mol. The molecule has 0 amide bonds. The van der Waals surface area contributed by atoms with Crippen molar-refractivity contribution in [2.45, 2.75) is 19.3 Å². The van der Waals surface area contributed by atoms with E-state index in [1.807, 2.05) is 17.5 Å². The summed E-state index contributed by atoms with van der Waals surface area (Å²) >= 11 is 1.66. The topological polar surface area (TPSA) is 27.1 Å². The van der Waals surface area contributed by atoms with Crippen LogP contribution in [0.4, 0.5) is 0 Å². The molecule has 0 unspecified atom stereocenters. The third-order valence-corrected chi connectivity index (χ3v) is 3.30. The number of thiophene rings is 1. The van der Waals surface area contributed by atoms with Crippen LogP contribution in [0.1, 0.15) is 24.1 Å². The first kappa shape index (κ1) is 8.75. The van der Waals surface area contributed by atoms with Gasteiger partial charge in [0.1, 0.15) is 5.84 Å². The van der Waals surface area contributed by atoms with Crippen LogP contribution in [0, 0.1) is 5.41 Å². The smallest absolute Gasteiger partial charge is 0.138 e. The van der Waals surface area contributed by atoms with E-state index in [-0.39, 0.29) is 0 Å². The van der Waals surface area contributed by atoms with E-state index < -0.39 is 0 Å². The van der Waals surface area contributed by atoms with E-state index in [0.717, 1.165) is 23.8 Å². The van der Waals surface area contributed by atoms with Crippen LogP contribution in [0.2, 0.25) is 0 Å². The fourth-order valence-corrected chi connectivity index (χ4v) is 2.39. The standard InChI is InChI=1S/C10H14N2S/c11-10(9-5-4-8-13-9)12-6-2-1-3-7-12/h4-5,8,11H,1-3,6-7H2. The van der Waals surface area contributed by atoms with Gasteiger partial charge in [-0.1, -0.05) is 6.07 Å². The largest absolute Gasteiger partial charge is 0.356 e. The van der Waals surface area contributed by atoms with Crippen molar-refractivity contribution in [3.05, 3.63) is 22.4 Å². The molecule has 2 nitrogen and oxygen atoms in total. The molecule has 0 bridgehead atoms. The van der Waals surface area contributed by atoms with Crippen molar-refractivity contribution in [3.63, 3.8) is 0 Å². The zero-order valence-corrected chi connectivity index (χ0v) is 8.44. The minimum Gasteiger partial charge on any atom is -0.356 e. The lowest BCUT2D eigenvalue weighted by atomic mass is 10.1. The molecule has 0 aliphatic carbocycles. The van der Waals surface area contributed by atoms with Crippen LogP contribution in [0.3, 0.4) is 0 Å². The molecule has 1 saturated heterocycles. The molecule has 2 rings (SSSR count). The fourth-order valence-electron chi connectivity index (χ4n) is 1.69. The molecule has 0 saturated carbocycles. The highest BCUT2D eigenvalue weighted by atomic mass is 32.1. The molecule has 0 atom stereocenters. The van der Waals surface area contributed by atoms with Crippen molar-refractivity contribution < 1.29 is 0 Å². The second-order valence-electron chi connectivity index (χ2n) is 3.37. The predicted octanol–water partition coefficient (Wildman–Crippen LogP) is 2.56. The zero-order valence-electron chi connectivity index (χ0n) is 7.62. The third-order valence-electron chi connectivity index (χ3n) is 2.43. The Bertz CT molecular complexity index is 273. The second kappa shape index (κ2) is 3.92. The average Bonchev–Trinajstić information content (AvgIpc) is 2.71. The maximum Gasteiger partial charge on any atom is 0.138 e. The summed E-state index contributed by atoms with van der Waals surface area (Å²) in [6.07, 6.45) is 3.82. The maximum atomic E-state index is 7.98. The highest BCUT2D eigenvalue weighted by Crippen LogP contribution is 2.16. The Labute approximate surface area is 82.7 Å². The van der Waals surface area contributed by atoms with Crippen LogP contribution >= 0.6 is 11.3 Å². The molecule has 1 aromatic rings. The van der Waals surface area contributed by atoms with Crippen molar-refractivity contribution in [2.24, 2.45) is 0 Å². The first-order chi connectivity index (χ1) is 6.38. The molecule has 1 N–H and O–H groups in total. The van der Waals surface area contributed by atoms with Gasteiger partial charge in [0.2, 0.25) is 0 Å². The molecule has 1 aliphatic heterocycles. The molecular formula is C10H14N2S. The SMILES string of the molecule is N=C(c1cccs1)N1CCCCC1. The van der Waals surface area contributed by atoms with E-state index in [1.54, 1.807) is 11.3 Å². The van der Waals surface area contributed by atoms with Crippen molar-refractivity contribution in [3.8, 4) is 0 Å². The summed E-state index contributed by atoms with van der Waals surface area (Å²) in [6.45, 7) is 2.13. The monoisotopic (exact) mass is 194 g/mol. The Morgan fingerprint density at radius 3 is 2.69 bits per heavy atom. The molecule has 1 aliphatic rings. The van der Waals surface area contributed by atoms with Gasteiger partial charge in [0, 0.05) is 13.1 Å². The summed E-state index contributed by atoms with van der Waals surface area (Å²) in [5.41, 5.74) is 0. The number of rotatable bonds is 1. The van der Waals surface area contributed by atoms with Gasteiger partial charge in [-0.3, -0.25) is 5.41 Å². The zero-order chi connectivity index (χ0) is 9.10. The maximum absolute atomic E-state index is 7.98. The normalized spacial score (nSPS) is 17.4. The van der Waals surface area contributed by atoms with Gasteiger partial charge in [-0.05, 0) is 30.7 Å². The minimum atomic E-state index is 0.717. The van der Waals surface area contributed by atoms with Gasteiger partial charge >= 0.3 is 0 Å². The summed E-state index contributed by atoms with van der Waals surface area (Å²) in [5, 5.41) is 10.0. The van der Waals surface area contributed by atoms with Gasteiger partial charge in [0.25, 0.3) is 0 Å². The lowest BCUT2D eigenvalue weighted by Crippen LogP contribution is -2.35. The Morgan fingerprint density at radius 2 is 2.08 bits per heavy atom. The Hall–Kier alpha value is -0.830. The first-order valence-corrected chi connectivity index (χ1v) is 5.63. The Balaban J connectivity index is 2.04. The van der Waals surface area contributed by atoms with Crippen LogP contribution in [-0.2, 0) is 0 Å². The molecule has 3 heteroatoms. The number of nitrogens with zero attached hydrogens (tertiary/aromatic N) is 1. The lowest BCUT2D eigenvalue weighted by Gasteiger charge is -2.28. The number of likely N-dealkylation sites (tertiary alicyclic amines) is 1. The van der Waals surface area contributed by atoms with Gasteiger partial charge in [0.05, 0.1) is 4.88 Å². The number of piperidine rings is 1. The van der Waals surface area contributed by atoms with E-state index in [1.165, 1.54) is 19.3 Å². The van der Waals surface area contributed by atoms with E-state index in [4.69, 9.17) is 5.41 Å². The van der Waals surface area contributed by atoms with Gasteiger partial charge < -0.3 is 4.90 Å². The lowest BCUT2D eigenvalue weighted by molar-refractivity contribution is 0.341. The van der Waals surface area contributed by atoms with E-state index >= 15 is 0 Å². The molecular weight excluding hydrogens is 180 g/mol. The minimum absolute atomic E-state index is 0.717. The van der Waals surface area contributed by atoms with Crippen LogP contribution in [0.5, 0.6) is 0 Å². The highest BCUT2D eigenvalue weighted by molar-refractivity contribution is 7.12. The van der Waals surface area contributed by atoms with Crippen molar-refractivity contribution in [2.75, 3.05) is 13.1 Å². The average molecular weight is 194 g/mol. The van der Waals surface area contributed by atoms with E-state index in [2.05, 4.69) is 4.90 Å². The second-order valence-corrected chi connectivity index (χ2v) is 4.32. The van der Waals surface area contributed by atoms with Crippen molar-refractivity contribution >= 4 is 17.2 Å². The Morgan fingerprint density at radius 1 is 1.31 bits per heavy atom. The summed E-state index contributed by atoms with van der Waals surface area (Å²) in [7, 11) is 0. The van der Waals surface area contributed by atoms with Crippen LogP contribution < -0.4 is 0 Å². The molecule has 0 spiro atoms. The molecule has 0 aromatic carbocycles. The van der Waals surface area contributed by atoms with E-state index in [0.29, 0.717) is 0 Å². The summed E-state index contributed by atoms with van der Waals surface area (Å²) < 4.78 is 0. The number of nitrogens with one attached hydrogen (secondary N) is 1. The molecule has 70 valence electrons. The quantitative estimate of drug-likeness (QED) is 0.540. The van der Waals surface area contributed by atoms with Gasteiger partial charge in [-0.25, -0.2) is 0 Å². The summed E-state index contributed by atoms with van der Waals surface area (Å²) in [5.74, 6) is 0.717. The highest BCUT2D eigenvalue weighted by Gasteiger charge is 2.14. The van der Waals surface area contributed by atoms with Gasteiger partial charge in [-0.15, -0.1) is 11.3 Å². The van der Waals surface area contributed by atoms with Crippen LogP contribution in [0.25, 0.3) is 0 Å². The number of amidine groups is 1. The summed E-state index contributed by atoms with van der Waals surface area (Å²) in [4.78, 5) is 3.29. The van der Waals surface area contributed by atoms with E-state index in [9.17, 15) is 0 Å². The fraction of sp³-hybridized carbons (Fsp3) is 0.500. The number of hydrogen-bond donors (Lipinski definition) is 1. The molecule has 1 fully saturated rings. The molecule has 13 heavy (non-hydrogen) atoms. The molecule has 1 aromatic heterocycles. The van der Waals surface area contributed by atoms with Gasteiger partial charge in [-0.2, -0.15) is 0 Å². The molecule has 2 heterocycles. The molecule has 0 radical (unpaired) electrons. The van der Waals surface area contributed by atoms with Crippen molar-refractivity contribution in [1.82, 2.24) is 4.90 Å². The van der Waals surface area contributed by atoms with Crippen LogP contribution in [-0.4, -0.2) is 23.8 Å². The Kier molecular flexibility index (Phi) is 2.64. The van der Waals surface area contributed by atoms with Crippen molar-refractivity contribution in [1.29, 1.82) is 5.41 Å². The third kappa shape index (κ3) is 1.91.